The number of aromatic nitrogens is 2. The van der Waals surface area contributed by atoms with Crippen LogP contribution in [0.25, 0.3) is 22.0 Å². The third-order valence-corrected chi connectivity index (χ3v) is 3.21. The summed E-state index contributed by atoms with van der Waals surface area (Å²) in [7, 11) is 3.25. The molecule has 4 heteroatoms. The molecule has 0 aliphatic carbocycles. The average Bonchev–Trinajstić information content (AvgIpc) is 2.54. The van der Waals surface area contributed by atoms with E-state index < -0.39 is 0 Å². The van der Waals surface area contributed by atoms with Crippen LogP contribution < -0.4 is 9.47 Å². The molecule has 0 N–H and O–H groups in total. The van der Waals surface area contributed by atoms with Crippen LogP contribution in [0.2, 0.25) is 0 Å². The Kier molecular flexibility index (Phi) is 3.21. The molecule has 4 nitrogen and oxygen atoms in total. The molecular weight excluding hydrogens is 252 g/mol. The quantitative estimate of drug-likeness (QED) is 0.729. The molecule has 1 aromatic heterocycles. The first-order valence-electron chi connectivity index (χ1n) is 6.27. The zero-order valence-corrected chi connectivity index (χ0v) is 11.3. The standard InChI is InChI=1S/C16H14N2O2/c1-19-12-9-7-11(8-10-12)15-13-5-3-4-6-14(13)16(20-2)18-17-15/h3-10H,1-2H3. The number of benzene rings is 2. The van der Waals surface area contributed by atoms with Crippen molar-refractivity contribution in [2.75, 3.05) is 14.2 Å². The maximum Gasteiger partial charge on any atom is 0.241 e. The van der Waals surface area contributed by atoms with Gasteiger partial charge in [-0.05, 0) is 30.3 Å². The predicted molar refractivity (Wildman–Crippen MR) is 78.1 cm³/mol. The molecular formula is C16H14N2O2. The van der Waals surface area contributed by atoms with E-state index in [0.29, 0.717) is 5.88 Å². The lowest BCUT2D eigenvalue weighted by Crippen LogP contribution is -1.95. The normalized spacial score (nSPS) is 10.5. The molecule has 0 aliphatic rings. The van der Waals surface area contributed by atoms with Crippen molar-refractivity contribution in [2.24, 2.45) is 0 Å². The van der Waals surface area contributed by atoms with Gasteiger partial charge < -0.3 is 9.47 Å². The second-order valence-corrected chi connectivity index (χ2v) is 4.33. The van der Waals surface area contributed by atoms with Gasteiger partial charge in [-0.15, -0.1) is 10.2 Å². The summed E-state index contributed by atoms with van der Waals surface area (Å²) in [5.41, 5.74) is 1.83. The molecule has 0 saturated heterocycles. The SMILES string of the molecule is COc1ccc(-c2nnc(OC)c3ccccc23)cc1. The molecule has 3 rings (SSSR count). The van der Waals surface area contributed by atoms with Crippen molar-refractivity contribution >= 4 is 10.8 Å². The third-order valence-electron chi connectivity index (χ3n) is 3.21. The van der Waals surface area contributed by atoms with Gasteiger partial charge in [0.15, 0.2) is 0 Å². The van der Waals surface area contributed by atoms with Crippen LogP contribution in [0, 0.1) is 0 Å². The Morgan fingerprint density at radius 3 is 2.10 bits per heavy atom. The first kappa shape index (κ1) is 12.4. The van der Waals surface area contributed by atoms with Crippen LogP contribution in [-0.4, -0.2) is 24.4 Å². The van der Waals surface area contributed by atoms with Crippen molar-refractivity contribution in [3.05, 3.63) is 48.5 Å². The molecule has 2 aromatic carbocycles. The van der Waals surface area contributed by atoms with Gasteiger partial charge in [-0.1, -0.05) is 18.2 Å². The van der Waals surface area contributed by atoms with Crippen molar-refractivity contribution in [3.63, 3.8) is 0 Å². The second kappa shape index (κ2) is 5.17. The Labute approximate surface area is 117 Å². The Balaban J connectivity index is 2.20. The molecule has 0 aliphatic heterocycles. The van der Waals surface area contributed by atoms with Crippen LogP contribution in [0.4, 0.5) is 0 Å². The minimum atomic E-state index is 0.540. The molecule has 0 fully saturated rings. The Morgan fingerprint density at radius 2 is 1.45 bits per heavy atom. The molecule has 0 amide bonds. The fourth-order valence-corrected chi connectivity index (χ4v) is 2.19. The zero-order valence-electron chi connectivity index (χ0n) is 11.3. The lowest BCUT2D eigenvalue weighted by atomic mass is 10.0. The summed E-state index contributed by atoms with van der Waals surface area (Å²) in [5.74, 6) is 1.36. The molecule has 0 saturated carbocycles. The van der Waals surface area contributed by atoms with E-state index in [1.807, 2.05) is 48.5 Å². The van der Waals surface area contributed by atoms with Gasteiger partial charge in [-0.2, -0.15) is 0 Å². The molecule has 0 unspecified atom stereocenters. The number of fused-ring (bicyclic) bond motifs is 1. The van der Waals surface area contributed by atoms with Gasteiger partial charge in [0.25, 0.3) is 0 Å². The van der Waals surface area contributed by atoms with Crippen LogP contribution in [0.3, 0.4) is 0 Å². The number of methoxy groups -OCH3 is 2. The number of rotatable bonds is 3. The molecule has 100 valence electrons. The van der Waals surface area contributed by atoms with Crippen molar-refractivity contribution in [1.82, 2.24) is 10.2 Å². The van der Waals surface area contributed by atoms with E-state index in [1.165, 1.54) is 0 Å². The van der Waals surface area contributed by atoms with Crippen LogP contribution in [-0.2, 0) is 0 Å². The second-order valence-electron chi connectivity index (χ2n) is 4.33. The van der Waals surface area contributed by atoms with E-state index in [1.54, 1.807) is 14.2 Å². The molecule has 20 heavy (non-hydrogen) atoms. The minimum Gasteiger partial charge on any atom is -0.497 e. The van der Waals surface area contributed by atoms with Crippen molar-refractivity contribution in [1.29, 1.82) is 0 Å². The third kappa shape index (κ3) is 2.05. The first-order valence-corrected chi connectivity index (χ1v) is 6.27. The van der Waals surface area contributed by atoms with E-state index in [2.05, 4.69) is 10.2 Å². The molecule has 0 spiro atoms. The van der Waals surface area contributed by atoms with Gasteiger partial charge in [-0.3, -0.25) is 0 Å². The van der Waals surface area contributed by atoms with Crippen molar-refractivity contribution < 1.29 is 9.47 Å². The summed E-state index contributed by atoms with van der Waals surface area (Å²) in [6.45, 7) is 0. The molecule has 0 bridgehead atoms. The van der Waals surface area contributed by atoms with E-state index in [-0.39, 0.29) is 0 Å². The molecule has 0 atom stereocenters. The largest absolute Gasteiger partial charge is 0.497 e. The van der Waals surface area contributed by atoms with E-state index in [4.69, 9.17) is 9.47 Å². The van der Waals surface area contributed by atoms with Crippen molar-refractivity contribution in [3.8, 4) is 22.9 Å². The summed E-state index contributed by atoms with van der Waals surface area (Å²) >= 11 is 0. The van der Waals surface area contributed by atoms with E-state index >= 15 is 0 Å². The van der Waals surface area contributed by atoms with Gasteiger partial charge in [-0.25, -0.2) is 0 Å². The van der Waals surface area contributed by atoms with E-state index in [9.17, 15) is 0 Å². The zero-order chi connectivity index (χ0) is 13.9. The molecule has 1 heterocycles. The maximum absolute atomic E-state index is 5.26. The lowest BCUT2D eigenvalue weighted by molar-refractivity contribution is 0.398. The number of nitrogens with zero attached hydrogens (tertiary/aromatic N) is 2. The average molecular weight is 266 g/mol. The van der Waals surface area contributed by atoms with E-state index in [0.717, 1.165) is 27.8 Å². The highest BCUT2D eigenvalue weighted by Gasteiger charge is 2.10. The number of ether oxygens (including phenoxy) is 2. The summed E-state index contributed by atoms with van der Waals surface area (Å²) in [6, 6.07) is 15.7. The molecule has 3 aromatic rings. The Bertz CT molecular complexity index is 739. The minimum absolute atomic E-state index is 0.540. The van der Waals surface area contributed by atoms with Crippen molar-refractivity contribution in [2.45, 2.75) is 0 Å². The van der Waals surface area contributed by atoms with Crippen LogP contribution in [0.15, 0.2) is 48.5 Å². The monoisotopic (exact) mass is 266 g/mol. The lowest BCUT2D eigenvalue weighted by Gasteiger charge is -2.08. The van der Waals surface area contributed by atoms with Crippen LogP contribution in [0.1, 0.15) is 0 Å². The molecule has 0 radical (unpaired) electrons. The number of hydrogen-bond donors (Lipinski definition) is 0. The van der Waals surface area contributed by atoms with Gasteiger partial charge in [0.05, 0.1) is 14.2 Å². The first-order chi connectivity index (χ1) is 9.83. The Morgan fingerprint density at radius 1 is 0.750 bits per heavy atom. The highest BCUT2D eigenvalue weighted by atomic mass is 16.5. The van der Waals surface area contributed by atoms with Gasteiger partial charge in [0.1, 0.15) is 11.4 Å². The summed E-state index contributed by atoms with van der Waals surface area (Å²) in [6.07, 6.45) is 0. The highest BCUT2D eigenvalue weighted by Crippen LogP contribution is 2.31. The maximum atomic E-state index is 5.26. The van der Waals surface area contributed by atoms with Gasteiger partial charge in [0, 0.05) is 16.3 Å². The van der Waals surface area contributed by atoms with Crippen LogP contribution in [0.5, 0.6) is 11.6 Å². The summed E-state index contributed by atoms with van der Waals surface area (Å²) < 4.78 is 10.4. The predicted octanol–water partition coefficient (Wildman–Crippen LogP) is 3.31. The summed E-state index contributed by atoms with van der Waals surface area (Å²) in [5, 5.41) is 10.4. The highest BCUT2D eigenvalue weighted by molar-refractivity contribution is 5.96. The van der Waals surface area contributed by atoms with Crippen LogP contribution >= 0.6 is 0 Å². The van der Waals surface area contributed by atoms with Gasteiger partial charge in [0.2, 0.25) is 5.88 Å². The summed E-state index contributed by atoms with van der Waals surface area (Å²) in [4.78, 5) is 0. The fourth-order valence-electron chi connectivity index (χ4n) is 2.19. The topological polar surface area (TPSA) is 44.2 Å². The van der Waals surface area contributed by atoms with Gasteiger partial charge >= 0.3 is 0 Å². The number of hydrogen-bond acceptors (Lipinski definition) is 4. The Hall–Kier alpha value is -2.62. The fraction of sp³-hybridized carbons (Fsp3) is 0.125. The smallest absolute Gasteiger partial charge is 0.241 e.